The van der Waals surface area contributed by atoms with E-state index in [-0.39, 0.29) is 23.8 Å². The van der Waals surface area contributed by atoms with Crippen LogP contribution in [0.5, 0.6) is 0 Å². The van der Waals surface area contributed by atoms with Crippen molar-refractivity contribution in [2.75, 3.05) is 6.54 Å². The molecule has 0 aliphatic carbocycles. The molecule has 3 nitrogen and oxygen atoms in total. The van der Waals surface area contributed by atoms with Gasteiger partial charge in [0.2, 0.25) is 0 Å². The van der Waals surface area contributed by atoms with Crippen LogP contribution < -0.4 is 5.32 Å². The van der Waals surface area contributed by atoms with E-state index in [2.05, 4.69) is 26.1 Å². The molecule has 0 bridgehead atoms. The van der Waals surface area contributed by atoms with Gasteiger partial charge in [0.15, 0.2) is 0 Å². The summed E-state index contributed by atoms with van der Waals surface area (Å²) in [5.74, 6) is 0.0170. The molecule has 1 atom stereocenters. The van der Waals surface area contributed by atoms with E-state index in [1.807, 2.05) is 38.1 Å². The summed E-state index contributed by atoms with van der Waals surface area (Å²) in [5, 5.41) is 12.5. The molecule has 0 spiro atoms. The van der Waals surface area contributed by atoms with Gasteiger partial charge in [0.25, 0.3) is 5.91 Å². The van der Waals surface area contributed by atoms with Gasteiger partial charge in [0.1, 0.15) is 0 Å². The molecular weight excluding hydrogens is 238 g/mol. The zero-order valence-electron chi connectivity index (χ0n) is 12.5. The molecule has 0 aliphatic heterocycles. The maximum absolute atomic E-state index is 12.2. The van der Waals surface area contributed by atoms with Gasteiger partial charge in [-0.25, -0.2) is 0 Å². The number of aliphatic hydroxyl groups excluding tert-OH is 1. The third-order valence-corrected chi connectivity index (χ3v) is 3.22. The number of amides is 1. The summed E-state index contributed by atoms with van der Waals surface area (Å²) in [7, 11) is 0. The number of hydrogen-bond donors (Lipinski definition) is 2. The van der Waals surface area contributed by atoms with E-state index in [4.69, 9.17) is 0 Å². The maximum atomic E-state index is 12.2. The predicted molar refractivity (Wildman–Crippen MR) is 78.3 cm³/mol. The molecule has 0 radical (unpaired) electrons. The molecule has 0 aliphatic rings. The molecule has 1 unspecified atom stereocenters. The Bertz CT molecular complexity index is 433. The van der Waals surface area contributed by atoms with E-state index >= 15 is 0 Å². The summed E-state index contributed by atoms with van der Waals surface area (Å²) in [6, 6.07) is 7.62. The average molecular weight is 263 g/mol. The molecule has 0 heterocycles. The van der Waals surface area contributed by atoms with E-state index in [1.165, 1.54) is 0 Å². The Balaban J connectivity index is 2.83. The summed E-state index contributed by atoms with van der Waals surface area (Å²) in [6.07, 6.45) is -0.509. The molecule has 0 aromatic heterocycles. The van der Waals surface area contributed by atoms with Crippen molar-refractivity contribution in [3.05, 3.63) is 35.4 Å². The van der Waals surface area contributed by atoms with Gasteiger partial charge in [0, 0.05) is 12.1 Å². The van der Waals surface area contributed by atoms with Gasteiger partial charge in [-0.05, 0) is 23.0 Å². The van der Waals surface area contributed by atoms with Gasteiger partial charge < -0.3 is 10.4 Å². The van der Waals surface area contributed by atoms with Gasteiger partial charge in [-0.15, -0.1) is 0 Å². The van der Waals surface area contributed by atoms with Crippen LogP contribution in [0.3, 0.4) is 0 Å². The maximum Gasteiger partial charge on any atom is 0.251 e. The lowest BCUT2D eigenvalue weighted by Crippen LogP contribution is -2.35. The van der Waals surface area contributed by atoms with E-state index in [0.29, 0.717) is 5.56 Å². The monoisotopic (exact) mass is 263 g/mol. The molecular formula is C16H25NO2. The molecule has 19 heavy (non-hydrogen) atoms. The SMILES string of the molecule is CC(C)C(O)CNC(=O)c1ccccc1C(C)(C)C. The molecule has 1 amide bonds. The first-order valence-corrected chi connectivity index (χ1v) is 6.79. The Hall–Kier alpha value is -1.35. The van der Waals surface area contributed by atoms with Gasteiger partial charge in [-0.3, -0.25) is 4.79 Å². The van der Waals surface area contributed by atoms with Crippen molar-refractivity contribution in [2.45, 2.75) is 46.1 Å². The highest BCUT2D eigenvalue weighted by atomic mass is 16.3. The molecule has 0 saturated carbocycles. The third-order valence-electron chi connectivity index (χ3n) is 3.22. The number of rotatable bonds is 4. The minimum absolute atomic E-state index is 0.0788. The van der Waals surface area contributed by atoms with Crippen molar-refractivity contribution in [3.63, 3.8) is 0 Å². The Morgan fingerprint density at radius 2 is 1.84 bits per heavy atom. The molecule has 1 aromatic carbocycles. The van der Waals surface area contributed by atoms with Crippen LogP contribution in [-0.2, 0) is 5.41 Å². The van der Waals surface area contributed by atoms with Gasteiger partial charge in [-0.1, -0.05) is 52.8 Å². The topological polar surface area (TPSA) is 49.3 Å². The fourth-order valence-electron chi connectivity index (χ4n) is 1.86. The second-order valence-electron chi connectivity index (χ2n) is 6.32. The summed E-state index contributed by atoms with van der Waals surface area (Å²) in [5.41, 5.74) is 1.63. The molecule has 106 valence electrons. The van der Waals surface area contributed by atoms with Crippen LogP contribution in [0.1, 0.15) is 50.5 Å². The molecule has 1 aromatic rings. The van der Waals surface area contributed by atoms with Crippen LogP contribution in [0, 0.1) is 5.92 Å². The smallest absolute Gasteiger partial charge is 0.251 e. The van der Waals surface area contributed by atoms with Crippen LogP contribution in [0.4, 0.5) is 0 Å². The minimum atomic E-state index is -0.509. The zero-order valence-corrected chi connectivity index (χ0v) is 12.5. The van der Waals surface area contributed by atoms with Crippen molar-refractivity contribution in [2.24, 2.45) is 5.92 Å². The number of nitrogens with one attached hydrogen (secondary N) is 1. The highest BCUT2D eigenvalue weighted by molar-refractivity contribution is 5.96. The minimum Gasteiger partial charge on any atom is -0.391 e. The highest BCUT2D eigenvalue weighted by Gasteiger charge is 2.21. The third kappa shape index (κ3) is 4.35. The lowest BCUT2D eigenvalue weighted by Gasteiger charge is -2.23. The van der Waals surface area contributed by atoms with Gasteiger partial charge in [-0.2, -0.15) is 0 Å². The second kappa shape index (κ2) is 6.20. The van der Waals surface area contributed by atoms with Crippen LogP contribution in [0.25, 0.3) is 0 Å². The highest BCUT2D eigenvalue weighted by Crippen LogP contribution is 2.25. The number of carbonyl (C=O) groups excluding carboxylic acids is 1. The zero-order chi connectivity index (χ0) is 14.6. The molecule has 1 rings (SSSR count). The lowest BCUT2D eigenvalue weighted by molar-refractivity contribution is 0.0869. The molecule has 2 N–H and O–H groups in total. The van der Waals surface area contributed by atoms with Gasteiger partial charge in [0.05, 0.1) is 6.10 Å². The summed E-state index contributed by atoms with van der Waals surface area (Å²) in [6.45, 7) is 10.4. The number of benzene rings is 1. The number of aliphatic hydroxyl groups is 1. The predicted octanol–water partition coefficient (Wildman–Crippen LogP) is 2.73. The first-order chi connectivity index (χ1) is 8.73. The fraction of sp³-hybridized carbons (Fsp3) is 0.562. The average Bonchev–Trinajstić information content (AvgIpc) is 2.34. The summed E-state index contributed by atoms with van der Waals surface area (Å²) >= 11 is 0. The second-order valence-corrected chi connectivity index (χ2v) is 6.32. The quantitative estimate of drug-likeness (QED) is 0.877. The van der Waals surface area contributed by atoms with Crippen molar-refractivity contribution in [1.29, 1.82) is 0 Å². The van der Waals surface area contributed by atoms with Crippen molar-refractivity contribution in [1.82, 2.24) is 5.32 Å². The van der Waals surface area contributed by atoms with Crippen LogP contribution in [-0.4, -0.2) is 23.7 Å². The van der Waals surface area contributed by atoms with Crippen LogP contribution in [0.15, 0.2) is 24.3 Å². The molecule has 0 saturated heterocycles. The first kappa shape index (κ1) is 15.7. The van der Waals surface area contributed by atoms with Gasteiger partial charge >= 0.3 is 0 Å². The summed E-state index contributed by atoms with van der Waals surface area (Å²) < 4.78 is 0. The fourth-order valence-corrected chi connectivity index (χ4v) is 1.86. The molecule has 3 heteroatoms. The standard InChI is InChI=1S/C16H25NO2/c1-11(2)14(18)10-17-15(19)12-8-6-7-9-13(12)16(3,4)5/h6-9,11,14,18H,10H2,1-5H3,(H,17,19). The number of hydrogen-bond acceptors (Lipinski definition) is 2. The van der Waals surface area contributed by atoms with Crippen LogP contribution in [0.2, 0.25) is 0 Å². The largest absolute Gasteiger partial charge is 0.391 e. The van der Waals surface area contributed by atoms with E-state index in [0.717, 1.165) is 5.56 Å². The van der Waals surface area contributed by atoms with E-state index in [9.17, 15) is 9.90 Å². The summed E-state index contributed by atoms with van der Waals surface area (Å²) in [4.78, 5) is 12.2. The first-order valence-electron chi connectivity index (χ1n) is 6.79. The molecule has 0 fully saturated rings. The Labute approximate surface area is 116 Å². The Kier molecular flexibility index (Phi) is 5.12. The van der Waals surface area contributed by atoms with Crippen molar-refractivity contribution < 1.29 is 9.90 Å². The van der Waals surface area contributed by atoms with E-state index < -0.39 is 6.10 Å². The van der Waals surface area contributed by atoms with Crippen LogP contribution >= 0.6 is 0 Å². The normalized spacial score (nSPS) is 13.4. The Morgan fingerprint density at radius 3 is 2.37 bits per heavy atom. The van der Waals surface area contributed by atoms with E-state index in [1.54, 1.807) is 0 Å². The Morgan fingerprint density at radius 1 is 1.26 bits per heavy atom. The van der Waals surface area contributed by atoms with Crippen molar-refractivity contribution in [3.8, 4) is 0 Å². The lowest BCUT2D eigenvalue weighted by atomic mass is 9.83. The van der Waals surface area contributed by atoms with Crippen molar-refractivity contribution >= 4 is 5.91 Å². The number of carbonyl (C=O) groups is 1.